The Morgan fingerprint density at radius 1 is 1.07 bits per heavy atom. The van der Waals surface area contributed by atoms with Crippen LogP contribution >= 0.6 is 0 Å². The molecule has 3 rings (SSSR count). The van der Waals surface area contributed by atoms with Gasteiger partial charge >= 0.3 is 6.18 Å². The molecule has 0 saturated carbocycles. The zero-order valence-corrected chi connectivity index (χ0v) is 14.8. The fourth-order valence-corrected chi connectivity index (χ4v) is 2.79. The summed E-state index contributed by atoms with van der Waals surface area (Å²) in [4.78, 5) is 0. The van der Waals surface area contributed by atoms with E-state index >= 15 is 0 Å². The molecule has 0 amide bonds. The molecule has 0 spiro atoms. The second-order valence-electron chi connectivity index (χ2n) is 5.66. The van der Waals surface area contributed by atoms with Gasteiger partial charge < -0.3 is 14.4 Å². The minimum Gasteiger partial charge on any atom is -0.389 e. The van der Waals surface area contributed by atoms with Gasteiger partial charge in [0.25, 0.3) is 11.3 Å². The number of benzene rings is 2. The van der Waals surface area contributed by atoms with Gasteiger partial charge in [-0.1, -0.05) is 24.3 Å². The second-order valence-corrected chi connectivity index (χ2v) is 6.35. The summed E-state index contributed by atoms with van der Waals surface area (Å²) in [5.41, 5.74) is -0.0654. The van der Waals surface area contributed by atoms with Gasteiger partial charge in [0.2, 0.25) is 0 Å². The van der Waals surface area contributed by atoms with Crippen LogP contribution in [0.2, 0.25) is 0 Å². The average Bonchev–Trinajstić information content (AvgIpc) is 3.07. The Morgan fingerprint density at radius 2 is 1.68 bits per heavy atom. The molecule has 0 aliphatic heterocycles. The summed E-state index contributed by atoms with van der Waals surface area (Å²) in [6.45, 7) is 0. The summed E-state index contributed by atoms with van der Waals surface area (Å²) in [6.07, 6.45) is -6.34. The molecule has 148 valence electrons. The highest BCUT2D eigenvalue weighted by Crippen LogP contribution is 2.33. The van der Waals surface area contributed by atoms with Gasteiger partial charge in [0, 0.05) is 11.1 Å². The van der Waals surface area contributed by atoms with Crippen molar-refractivity contribution >= 4 is 11.3 Å². The van der Waals surface area contributed by atoms with E-state index in [1.165, 1.54) is 48.5 Å². The SMILES string of the molecule is NS(=O)Oc1ccc(-n2nc(C(F)(F)F)cc2-c2ccc(C(O)O)cc2)cc1. The number of aliphatic hydroxyl groups excluding tert-OH is 1. The smallest absolute Gasteiger partial charge is 0.389 e. The monoisotopic (exact) mass is 413 g/mol. The Balaban J connectivity index is 2.06. The first-order valence-corrected chi connectivity index (χ1v) is 8.87. The lowest BCUT2D eigenvalue weighted by Gasteiger charge is -2.10. The third kappa shape index (κ3) is 4.39. The van der Waals surface area contributed by atoms with Crippen molar-refractivity contribution in [3.8, 4) is 22.7 Å². The molecule has 0 fully saturated rings. The van der Waals surface area contributed by atoms with E-state index in [4.69, 9.17) is 19.5 Å². The Labute approximate surface area is 159 Å². The van der Waals surface area contributed by atoms with Crippen LogP contribution in [0.4, 0.5) is 13.2 Å². The number of rotatable bonds is 5. The zero-order valence-electron chi connectivity index (χ0n) is 14.0. The average molecular weight is 413 g/mol. The molecule has 3 aromatic rings. The molecule has 11 heteroatoms. The largest absolute Gasteiger partial charge is 0.435 e. The van der Waals surface area contributed by atoms with Crippen molar-refractivity contribution in [3.63, 3.8) is 0 Å². The third-order valence-corrected chi connectivity index (χ3v) is 4.12. The molecule has 1 aromatic heterocycles. The van der Waals surface area contributed by atoms with Crippen molar-refractivity contribution in [2.24, 2.45) is 5.14 Å². The summed E-state index contributed by atoms with van der Waals surface area (Å²) < 4.78 is 56.3. The molecule has 0 bridgehead atoms. The molecule has 0 saturated heterocycles. The zero-order chi connectivity index (χ0) is 20.5. The molecule has 2 aromatic carbocycles. The van der Waals surface area contributed by atoms with Crippen molar-refractivity contribution in [1.29, 1.82) is 0 Å². The molecular formula is C17H14F3N3O4S. The maximum Gasteiger partial charge on any atom is 0.435 e. The minimum absolute atomic E-state index is 0.141. The lowest BCUT2D eigenvalue weighted by atomic mass is 10.1. The van der Waals surface area contributed by atoms with Crippen LogP contribution in [0.3, 0.4) is 0 Å². The molecule has 1 atom stereocenters. The normalized spacial score (nSPS) is 13.0. The van der Waals surface area contributed by atoms with Crippen LogP contribution < -0.4 is 9.32 Å². The van der Waals surface area contributed by atoms with Gasteiger partial charge in [-0.05, 0) is 30.3 Å². The highest BCUT2D eigenvalue weighted by molar-refractivity contribution is 7.78. The maximum absolute atomic E-state index is 13.2. The number of aromatic nitrogens is 2. The molecular weight excluding hydrogens is 399 g/mol. The van der Waals surface area contributed by atoms with Crippen molar-refractivity contribution < 1.29 is 31.8 Å². The molecule has 4 N–H and O–H groups in total. The number of aliphatic hydroxyl groups is 2. The molecule has 7 nitrogen and oxygen atoms in total. The Bertz CT molecular complexity index is 986. The summed E-state index contributed by atoms with van der Waals surface area (Å²) in [7, 11) is 0. The van der Waals surface area contributed by atoms with E-state index in [-0.39, 0.29) is 17.0 Å². The van der Waals surface area contributed by atoms with Gasteiger partial charge in [0.05, 0.1) is 11.4 Å². The Morgan fingerprint density at radius 3 is 2.18 bits per heavy atom. The first kappa shape index (κ1) is 20.0. The van der Waals surface area contributed by atoms with Gasteiger partial charge in [-0.15, -0.1) is 0 Å². The lowest BCUT2D eigenvalue weighted by molar-refractivity contribution is -0.141. The van der Waals surface area contributed by atoms with E-state index < -0.39 is 29.4 Å². The van der Waals surface area contributed by atoms with Gasteiger partial charge in [0.1, 0.15) is 5.75 Å². The van der Waals surface area contributed by atoms with Crippen LogP contribution in [0, 0.1) is 0 Å². The molecule has 1 heterocycles. The van der Waals surface area contributed by atoms with Gasteiger partial charge in [-0.2, -0.15) is 22.5 Å². The number of halogens is 3. The maximum atomic E-state index is 13.2. The van der Waals surface area contributed by atoms with Crippen LogP contribution in [0.15, 0.2) is 54.6 Å². The van der Waals surface area contributed by atoms with E-state index in [1.807, 2.05) is 0 Å². The fraction of sp³-hybridized carbons (Fsp3) is 0.118. The fourth-order valence-electron chi connectivity index (χ4n) is 2.49. The van der Waals surface area contributed by atoms with Crippen molar-refractivity contribution in [1.82, 2.24) is 9.78 Å². The summed E-state index contributed by atoms with van der Waals surface area (Å²) in [6, 6.07) is 12.2. The van der Waals surface area contributed by atoms with E-state index in [9.17, 15) is 17.4 Å². The van der Waals surface area contributed by atoms with Crippen LogP contribution in [-0.2, 0) is 17.4 Å². The summed E-state index contributed by atoms with van der Waals surface area (Å²) in [5.74, 6) is 0.177. The number of nitrogens with zero attached hydrogens (tertiary/aromatic N) is 2. The molecule has 0 radical (unpaired) electrons. The van der Waals surface area contributed by atoms with E-state index in [0.717, 1.165) is 10.7 Å². The summed E-state index contributed by atoms with van der Waals surface area (Å²) >= 11 is -2.03. The predicted octanol–water partition coefficient (Wildman–Crippen LogP) is 2.46. The number of hydrogen-bond donors (Lipinski definition) is 3. The summed E-state index contributed by atoms with van der Waals surface area (Å²) in [5, 5.41) is 27.0. The highest BCUT2D eigenvalue weighted by Gasteiger charge is 2.35. The number of alkyl halides is 3. The van der Waals surface area contributed by atoms with E-state index in [2.05, 4.69) is 5.10 Å². The van der Waals surface area contributed by atoms with Crippen LogP contribution in [0.25, 0.3) is 16.9 Å². The van der Waals surface area contributed by atoms with Crippen molar-refractivity contribution in [3.05, 3.63) is 65.9 Å². The lowest BCUT2D eigenvalue weighted by Crippen LogP contribution is -2.10. The van der Waals surface area contributed by atoms with Gasteiger partial charge in [-0.25, -0.2) is 9.82 Å². The van der Waals surface area contributed by atoms with Gasteiger partial charge in [-0.3, -0.25) is 0 Å². The van der Waals surface area contributed by atoms with Crippen molar-refractivity contribution in [2.45, 2.75) is 12.5 Å². The Kier molecular flexibility index (Phi) is 5.52. The van der Waals surface area contributed by atoms with Crippen LogP contribution in [0.1, 0.15) is 17.5 Å². The van der Waals surface area contributed by atoms with Crippen molar-refractivity contribution in [2.75, 3.05) is 0 Å². The minimum atomic E-state index is -4.65. The van der Waals surface area contributed by atoms with Crippen LogP contribution in [-0.4, -0.2) is 24.2 Å². The number of hydrogen-bond acceptors (Lipinski definition) is 5. The second kappa shape index (κ2) is 7.72. The Hall–Kier alpha value is -2.73. The third-order valence-electron chi connectivity index (χ3n) is 3.76. The molecule has 1 unspecified atom stereocenters. The molecule has 0 aliphatic carbocycles. The highest BCUT2D eigenvalue weighted by atomic mass is 32.2. The number of nitrogens with two attached hydrogens (primary N) is 1. The first-order chi connectivity index (χ1) is 13.1. The standard InChI is InChI=1S/C17H14F3N3O4S/c18-17(19,20)15-9-14(10-1-3-11(4-2-10)16(24)25)23(22-15)12-5-7-13(8-6-12)27-28(21)26/h1-9,16,24-25H,21H2. The predicted molar refractivity (Wildman–Crippen MR) is 94.1 cm³/mol. The topological polar surface area (TPSA) is 111 Å². The molecule has 28 heavy (non-hydrogen) atoms. The van der Waals surface area contributed by atoms with E-state index in [0.29, 0.717) is 11.3 Å². The molecule has 0 aliphatic rings. The van der Waals surface area contributed by atoms with Gasteiger partial charge in [0.15, 0.2) is 12.0 Å². The first-order valence-electron chi connectivity index (χ1n) is 7.74. The van der Waals surface area contributed by atoms with Crippen LogP contribution in [0.5, 0.6) is 5.75 Å². The van der Waals surface area contributed by atoms with E-state index in [1.54, 1.807) is 0 Å². The quantitative estimate of drug-likeness (QED) is 0.557.